The van der Waals surface area contributed by atoms with Crippen LogP contribution < -0.4 is 10.6 Å². The first-order valence-electron chi connectivity index (χ1n) is 11.8. The number of carbonyl (C=O) groups is 2. The molecule has 4 aliphatic rings. The molecule has 1 aromatic rings. The summed E-state index contributed by atoms with van der Waals surface area (Å²) in [4.78, 5) is 29.5. The standard InChI is InChI=1S/C24H33FN4O2/c1-14-6-7-20(25)19-11-21(27-23(14)19)24(31)26-17-4-3-5-18(10-17)28-12-16-8-9-29(15(2)30)22(16)13-28/h6-7,16-18,21-22,27H,3-5,8-13H2,1-2H3,(H,26,31)/t16-,17+,18-,21?,22+/m0/s1. The molecule has 2 amide bonds. The molecule has 0 bridgehead atoms. The van der Waals surface area contributed by atoms with Crippen molar-refractivity contribution in [3.05, 3.63) is 29.1 Å². The lowest BCUT2D eigenvalue weighted by Gasteiger charge is -2.36. The van der Waals surface area contributed by atoms with E-state index in [1.807, 2.05) is 6.92 Å². The smallest absolute Gasteiger partial charge is 0.243 e. The molecular weight excluding hydrogens is 395 g/mol. The third kappa shape index (κ3) is 3.81. The first-order chi connectivity index (χ1) is 14.9. The first-order valence-corrected chi connectivity index (χ1v) is 11.8. The molecule has 0 radical (unpaired) electrons. The topological polar surface area (TPSA) is 64.7 Å². The summed E-state index contributed by atoms with van der Waals surface area (Å²) in [5.41, 5.74) is 2.38. The Hall–Kier alpha value is -2.15. The van der Waals surface area contributed by atoms with E-state index < -0.39 is 6.04 Å². The summed E-state index contributed by atoms with van der Waals surface area (Å²) >= 11 is 0. The van der Waals surface area contributed by atoms with Gasteiger partial charge >= 0.3 is 0 Å². The quantitative estimate of drug-likeness (QED) is 0.776. The minimum Gasteiger partial charge on any atom is -0.373 e. The van der Waals surface area contributed by atoms with E-state index in [1.54, 1.807) is 13.0 Å². The van der Waals surface area contributed by atoms with Gasteiger partial charge in [0.05, 0.1) is 0 Å². The lowest BCUT2D eigenvalue weighted by molar-refractivity contribution is -0.129. The van der Waals surface area contributed by atoms with Crippen LogP contribution in [0.3, 0.4) is 0 Å². The average molecular weight is 429 g/mol. The SMILES string of the molecule is CC(=O)N1CC[C@H]2CN([C@H]3CCC[C@@H](NC(=O)C4Cc5c(F)ccc(C)c5N4)C3)C[C@H]21. The Morgan fingerprint density at radius 3 is 2.81 bits per heavy atom. The first kappa shape index (κ1) is 20.7. The molecule has 0 aromatic heterocycles. The molecule has 1 aromatic carbocycles. The number of likely N-dealkylation sites (tertiary alicyclic amines) is 2. The van der Waals surface area contributed by atoms with E-state index in [2.05, 4.69) is 20.4 Å². The van der Waals surface area contributed by atoms with Crippen LogP contribution in [0.2, 0.25) is 0 Å². The van der Waals surface area contributed by atoms with Crippen LogP contribution >= 0.6 is 0 Å². The molecule has 1 saturated carbocycles. The maximum Gasteiger partial charge on any atom is 0.243 e. The molecule has 5 rings (SSSR count). The number of halogens is 1. The molecule has 3 heterocycles. The van der Waals surface area contributed by atoms with Crippen molar-refractivity contribution in [2.45, 2.75) is 76.5 Å². The van der Waals surface area contributed by atoms with Gasteiger partial charge in [0, 0.05) is 62.4 Å². The van der Waals surface area contributed by atoms with Crippen molar-refractivity contribution in [1.29, 1.82) is 0 Å². The second-order valence-corrected chi connectivity index (χ2v) is 9.93. The van der Waals surface area contributed by atoms with E-state index in [4.69, 9.17) is 0 Å². The zero-order valence-electron chi connectivity index (χ0n) is 18.5. The van der Waals surface area contributed by atoms with Crippen LogP contribution in [0.1, 0.15) is 50.2 Å². The number of hydrogen-bond acceptors (Lipinski definition) is 4. The summed E-state index contributed by atoms with van der Waals surface area (Å²) in [6.45, 7) is 6.56. The Bertz CT molecular complexity index is 860. The van der Waals surface area contributed by atoms with Crippen LogP contribution in [0, 0.1) is 18.7 Å². The van der Waals surface area contributed by atoms with Gasteiger partial charge in [-0.15, -0.1) is 0 Å². The van der Waals surface area contributed by atoms with Crippen LogP contribution in [0.5, 0.6) is 0 Å². The van der Waals surface area contributed by atoms with E-state index in [0.29, 0.717) is 30.0 Å². The van der Waals surface area contributed by atoms with Gasteiger partial charge in [0.2, 0.25) is 11.8 Å². The van der Waals surface area contributed by atoms with Gasteiger partial charge in [-0.05, 0) is 56.6 Å². The zero-order valence-corrected chi connectivity index (χ0v) is 18.5. The van der Waals surface area contributed by atoms with Gasteiger partial charge in [0.25, 0.3) is 0 Å². The highest BCUT2D eigenvalue weighted by atomic mass is 19.1. The Kier molecular flexibility index (Phi) is 5.40. The van der Waals surface area contributed by atoms with Gasteiger partial charge in [-0.25, -0.2) is 4.39 Å². The number of rotatable bonds is 3. The molecule has 3 fully saturated rings. The maximum absolute atomic E-state index is 14.2. The number of nitrogens with zero attached hydrogens (tertiary/aromatic N) is 2. The van der Waals surface area contributed by atoms with Crippen molar-refractivity contribution in [2.24, 2.45) is 5.92 Å². The summed E-state index contributed by atoms with van der Waals surface area (Å²) < 4.78 is 14.2. The van der Waals surface area contributed by atoms with E-state index >= 15 is 0 Å². The van der Waals surface area contributed by atoms with Crippen molar-refractivity contribution < 1.29 is 14.0 Å². The fourth-order valence-corrected chi connectivity index (χ4v) is 6.34. The van der Waals surface area contributed by atoms with Gasteiger partial charge in [0.15, 0.2) is 0 Å². The summed E-state index contributed by atoms with van der Waals surface area (Å²) in [5.74, 6) is 0.528. The van der Waals surface area contributed by atoms with Gasteiger partial charge in [0.1, 0.15) is 11.9 Å². The molecule has 168 valence electrons. The molecule has 2 saturated heterocycles. The third-order valence-electron chi connectivity index (χ3n) is 8.00. The second-order valence-electron chi connectivity index (χ2n) is 9.93. The summed E-state index contributed by atoms with van der Waals surface area (Å²) in [6, 6.07) is 3.83. The molecule has 0 spiro atoms. The lowest BCUT2D eigenvalue weighted by Crippen LogP contribution is -2.49. The van der Waals surface area contributed by atoms with Crippen molar-refractivity contribution in [1.82, 2.24) is 15.1 Å². The highest BCUT2D eigenvalue weighted by Gasteiger charge is 2.44. The highest BCUT2D eigenvalue weighted by Crippen LogP contribution is 2.36. The monoisotopic (exact) mass is 428 g/mol. The Morgan fingerprint density at radius 2 is 2.03 bits per heavy atom. The molecule has 3 aliphatic heterocycles. The number of fused-ring (bicyclic) bond motifs is 2. The Morgan fingerprint density at radius 1 is 1.19 bits per heavy atom. The molecule has 6 nitrogen and oxygen atoms in total. The summed E-state index contributed by atoms with van der Waals surface area (Å²) in [5, 5.41) is 6.49. The van der Waals surface area contributed by atoms with E-state index in [0.717, 1.165) is 63.0 Å². The fourth-order valence-electron chi connectivity index (χ4n) is 6.34. The van der Waals surface area contributed by atoms with Gasteiger partial charge < -0.3 is 15.5 Å². The van der Waals surface area contributed by atoms with Crippen LogP contribution in [0.25, 0.3) is 0 Å². The molecule has 1 aliphatic carbocycles. The predicted molar refractivity (Wildman–Crippen MR) is 117 cm³/mol. The van der Waals surface area contributed by atoms with Crippen LogP contribution in [-0.2, 0) is 16.0 Å². The van der Waals surface area contributed by atoms with Gasteiger partial charge in [-0.3, -0.25) is 14.5 Å². The van der Waals surface area contributed by atoms with Crippen LogP contribution in [-0.4, -0.2) is 65.4 Å². The number of nitrogens with one attached hydrogen (secondary N) is 2. The second kappa shape index (κ2) is 8.08. The summed E-state index contributed by atoms with van der Waals surface area (Å²) in [6.07, 6.45) is 5.72. The molecule has 2 N–H and O–H groups in total. The van der Waals surface area contributed by atoms with Gasteiger partial charge in [-0.1, -0.05) is 6.07 Å². The number of anilines is 1. The minimum atomic E-state index is -0.402. The van der Waals surface area contributed by atoms with Crippen molar-refractivity contribution in [2.75, 3.05) is 25.0 Å². The highest BCUT2D eigenvalue weighted by molar-refractivity contribution is 5.88. The van der Waals surface area contributed by atoms with Crippen LogP contribution in [0.4, 0.5) is 10.1 Å². The normalized spacial score (nSPS) is 32.5. The van der Waals surface area contributed by atoms with Crippen molar-refractivity contribution in [3.63, 3.8) is 0 Å². The molecule has 7 heteroatoms. The number of aryl methyl sites for hydroxylation is 1. The van der Waals surface area contributed by atoms with Crippen LogP contribution in [0.15, 0.2) is 12.1 Å². The average Bonchev–Trinajstić information content (AvgIpc) is 3.44. The number of hydrogen-bond donors (Lipinski definition) is 2. The molecular formula is C24H33FN4O2. The lowest BCUT2D eigenvalue weighted by atomic mass is 9.89. The maximum atomic E-state index is 14.2. The Balaban J connectivity index is 1.18. The predicted octanol–water partition coefficient (Wildman–Crippen LogP) is 2.45. The number of amides is 2. The zero-order chi connectivity index (χ0) is 21.7. The fraction of sp³-hybridized carbons (Fsp3) is 0.667. The van der Waals surface area contributed by atoms with Crippen molar-refractivity contribution >= 4 is 17.5 Å². The van der Waals surface area contributed by atoms with E-state index in [9.17, 15) is 14.0 Å². The molecule has 31 heavy (non-hydrogen) atoms. The Labute approximate surface area is 183 Å². The largest absolute Gasteiger partial charge is 0.373 e. The minimum absolute atomic E-state index is 0.0262. The van der Waals surface area contributed by atoms with E-state index in [1.165, 1.54) is 6.07 Å². The molecule has 1 unspecified atom stereocenters. The van der Waals surface area contributed by atoms with E-state index in [-0.39, 0.29) is 23.7 Å². The number of benzene rings is 1. The van der Waals surface area contributed by atoms with Gasteiger partial charge in [-0.2, -0.15) is 0 Å². The summed E-state index contributed by atoms with van der Waals surface area (Å²) in [7, 11) is 0. The molecule has 5 atom stereocenters. The third-order valence-corrected chi connectivity index (χ3v) is 8.00. The number of carbonyl (C=O) groups excluding carboxylic acids is 2. The van der Waals surface area contributed by atoms with Crippen molar-refractivity contribution in [3.8, 4) is 0 Å².